The molecule has 0 radical (unpaired) electrons. The highest BCUT2D eigenvalue weighted by Gasteiger charge is 2.19. The molecule has 19 heavy (non-hydrogen) atoms. The van der Waals surface area contributed by atoms with Crippen molar-refractivity contribution in [2.24, 2.45) is 0 Å². The third-order valence-electron chi connectivity index (χ3n) is 3.39. The standard InChI is InChI=1S/C16H25NO2/c1-13(2)19-10-6-5-9-17-16-12-18-11-14-7-3-4-8-15(14)16/h3-4,7-8,13,16-17H,5-6,9-12H2,1-2H3. The van der Waals surface area contributed by atoms with E-state index in [1.165, 1.54) is 11.1 Å². The van der Waals surface area contributed by atoms with E-state index >= 15 is 0 Å². The van der Waals surface area contributed by atoms with Crippen molar-refractivity contribution in [3.63, 3.8) is 0 Å². The van der Waals surface area contributed by atoms with Crippen LogP contribution in [0.5, 0.6) is 0 Å². The van der Waals surface area contributed by atoms with Gasteiger partial charge in [0.2, 0.25) is 0 Å². The first kappa shape index (κ1) is 14.5. The molecule has 1 unspecified atom stereocenters. The lowest BCUT2D eigenvalue weighted by Crippen LogP contribution is -2.30. The number of fused-ring (bicyclic) bond motifs is 1. The first-order chi connectivity index (χ1) is 9.27. The maximum absolute atomic E-state index is 5.63. The second kappa shape index (κ2) is 7.63. The van der Waals surface area contributed by atoms with Crippen LogP contribution >= 0.6 is 0 Å². The van der Waals surface area contributed by atoms with Gasteiger partial charge in [-0.15, -0.1) is 0 Å². The van der Waals surface area contributed by atoms with E-state index in [0.717, 1.165) is 39.2 Å². The fourth-order valence-electron chi connectivity index (χ4n) is 2.37. The van der Waals surface area contributed by atoms with Crippen LogP contribution in [0.1, 0.15) is 43.9 Å². The van der Waals surface area contributed by atoms with Gasteiger partial charge < -0.3 is 14.8 Å². The van der Waals surface area contributed by atoms with Crippen LogP contribution in [-0.4, -0.2) is 25.9 Å². The number of nitrogens with one attached hydrogen (secondary N) is 1. The van der Waals surface area contributed by atoms with Crippen molar-refractivity contribution in [3.8, 4) is 0 Å². The molecule has 0 fully saturated rings. The zero-order chi connectivity index (χ0) is 13.5. The summed E-state index contributed by atoms with van der Waals surface area (Å²) >= 11 is 0. The van der Waals surface area contributed by atoms with Gasteiger partial charge in [-0.25, -0.2) is 0 Å². The van der Waals surface area contributed by atoms with Crippen molar-refractivity contribution in [2.45, 2.75) is 45.4 Å². The van der Waals surface area contributed by atoms with Gasteiger partial charge in [-0.1, -0.05) is 24.3 Å². The number of hydrogen-bond acceptors (Lipinski definition) is 3. The minimum Gasteiger partial charge on any atom is -0.379 e. The highest BCUT2D eigenvalue weighted by atomic mass is 16.5. The zero-order valence-corrected chi connectivity index (χ0v) is 12.0. The summed E-state index contributed by atoms with van der Waals surface area (Å²) in [6.45, 7) is 7.56. The van der Waals surface area contributed by atoms with Gasteiger partial charge >= 0.3 is 0 Å². The monoisotopic (exact) mass is 263 g/mol. The number of rotatable bonds is 7. The van der Waals surface area contributed by atoms with E-state index in [9.17, 15) is 0 Å². The molecule has 3 heteroatoms. The van der Waals surface area contributed by atoms with Crippen LogP contribution in [0.3, 0.4) is 0 Å². The lowest BCUT2D eigenvalue weighted by molar-refractivity contribution is 0.0730. The molecule has 106 valence electrons. The van der Waals surface area contributed by atoms with E-state index in [-0.39, 0.29) is 0 Å². The second-order valence-electron chi connectivity index (χ2n) is 5.35. The molecule has 0 saturated carbocycles. The minimum atomic E-state index is 0.339. The maximum atomic E-state index is 5.63. The topological polar surface area (TPSA) is 30.5 Å². The highest BCUT2D eigenvalue weighted by molar-refractivity contribution is 5.30. The van der Waals surface area contributed by atoms with Crippen molar-refractivity contribution in [1.82, 2.24) is 5.32 Å². The smallest absolute Gasteiger partial charge is 0.0721 e. The molecule has 0 spiro atoms. The lowest BCUT2D eigenvalue weighted by Gasteiger charge is -2.26. The van der Waals surface area contributed by atoms with Crippen LogP contribution in [0.25, 0.3) is 0 Å². The summed E-state index contributed by atoms with van der Waals surface area (Å²) in [5.41, 5.74) is 2.71. The predicted molar refractivity (Wildman–Crippen MR) is 77.2 cm³/mol. The molecule has 1 aromatic carbocycles. The predicted octanol–water partition coefficient (Wildman–Crippen LogP) is 3.05. The van der Waals surface area contributed by atoms with Gasteiger partial charge in [0.15, 0.2) is 0 Å². The molecule has 0 bridgehead atoms. The van der Waals surface area contributed by atoms with Crippen LogP contribution in [0.2, 0.25) is 0 Å². The van der Waals surface area contributed by atoms with Crippen molar-refractivity contribution in [1.29, 1.82) is 0 Å². The largest absolute Gasteiger partial charge is 0.379 e. The van der Waals surface area contributed by atoms with Gasteiger partial charge in [0.1, 0.15) is 0 Å². The number of ether oxygens (including phenoxy) is 2. The Morgan fingerprint density at radius 1 is 1.32 bits per heavy atom. The Labute approximate surface area is 116 Å². The highest BCUT2D eigenvalue weighted by Crippen LogP contribution is 2.24. The van der Waals surface area contributed by atoms with Gasteiger partial charge in [-0.2, -0.15) is 0 Å². The Morgan fingerprint density at radius 2 is 2.16 bits per heavy atom. The number of benzene rings is 1. The molecule has 0 saturated heterocycles. The molecule has 1 aromatic rings. The van der Waals surface area contributed by atoms with Crippen LogP contribution < -0.4 is 5.32 Å². The molecular weight excluding hydrogens is 238 g/mol. The van der Waals surface area contributed by atoms with Crippen LogP contribution in [0, 0.1) is 0 Å². The quantitative estimate of drug-likeness (QED) is 0.767. The lowest BCUT2D eigenvalue weighted by atomic mass is 9.99. The van der Waals surface area contributed by atoms with Gasteiger partial charge in [-0.3, -0.25) is 0 Å². The van der Waals surface area contributed by atoms with Crippen molar-refractivity contribution < 1.29 is 9.47 Å². The molecule has 2 rings (SSSR count). The summed E-state index contributed by atoms with van der Waals surface area (Å²) in [5, 5.41) is 3.59. The second-order valence-corrected chi connectivity index (χ2v) is 5.35. The van der Waals surface area contributed by atoms with Crippen LogP contribution in [-0.2, 0) is 16.1 Å². The Hall–Kier alpha value is -0.900. The first-order valence-corrected chi connectivity index (χ1v) is 7.28. The minimum absolute atomic E-state index is 0.339. The van der Waals surface area contributed by atoms with Gasteiger partial charge in [-0.05, 0) is 44.4 Å². The first-order valence-electron chi connectivity index (χ1n) is 7.28. The van der Waals surface area contributed by atoms with E-state index < -0.39 is 0 Å². The molecule has 1 aliphatic rings. The summed E-state index contributed by atoms with van der Waals surface area (Å²) in [6, 6.07) is 8.89. The molecule has 1 heterocycles. The Kier molecular flexibility index (Phi) is 5.83. The molecule has 1 aliphatic heterocycles. The molecule has 0 amide bonds. The Bertz CT molecular complexity index is 379. The maximum Gasteiger partial charge on any atom is 0.0721 e. The SMILES string of the molecule is CC(C)OCCCCNC1COCc2ccccc21. The normalized spacial score (nSPS) is 18.6. The number of hydrogen-bond donors (Lipinski definition) is 1. The molecule has 1 atom stereocenters. The van der Waals surface area contributed by atoms with E-state index in [4.69, 9.17) is 9.47 Å². The van der Waals surface area contributed by atoms with E-state index in [0.29, 0.717) is 12.1 Å². The number of unbranched alkanes of at least 4 members (excludes halogenated alkanes) is 1. The molecule has 0 aromatic heterocycles. The van der Waals surface area contributed by atoms with Gasteiger partial charge in [0, 0.05) is 6.61 Å². The fraction of sp³-hybridized carbons (Fsp3) is 0.625. The van der Waals surface area contributed by atoms with Gasteiger partial charge in [0.25, 0.3) is 0 Å². The van der Waals surface area contributed by atoms with E-state index in [2.05, 4.69) is 43.4 Å². The summed E-state index contributed by atoms with van der Waals surface area (Å²) in [6.07, 6.45) is 2.60. The molecule has 0 aliphatic carbocycles. The summed E-state index contributed by atoms with van der Waals surface area (Å²) in [7, 11) is 0. The van der Waals surface area contributed by atoms with Crippen molar-refractivity contribution >= 4 is 0 Å². The Balaban J connectivity index is 1.70. The van der Waals surface area contributed by atoms with E-state index in [1.54, 1.807) is 0 Å². The summed E-state index contributed by atoms with van der Waals surface area (Å²) in [5.74, 6) is 0. The van der Waals surface area contributed by atoms with Crippen molar-refractivity contribution in [2.75, 3.05) is 19.8 Å². The van der Waals surface area contributed by atoms with Crippen LogP contribution in [0.4, 0.5) is 0 Å². The zero-order valence-electron chi connectivity index (χ0n) is 12.0. The fourth-order valence-corrected chi connectivity index (χ4v) is 2.37. The molecular formula is C16H25NO2. The Morgan fingerprint density at radius 3 is 3.00 bits per heavy atom. The molecule has 1 N–H and O–H groups in total. The van der Waals surface area contributed by atoms with Gasteiger partial charge in [0.05, 0.1) is 25.4 Å². The summed E-state index contributed by atoms with van der Waals surface area (Å²) in [4.78, 5) is 0. The van der Waals surface area contributed by atoms with E-state index in [1.807, 2.05) is 0 Å². The average Bonchev–Trinajstić information content (AvgIpc) is 2.42. The third kappa shape index (κ3) is 4.60. The average molecular weight is 263 g/mol. The summed E-state index contributed by atoms with van der Waals surface area (Å²) < 4.78 is 11.2. The van der Waals surface area contributed by atoms with Crippen LogP contribution in [0.15, 0.2) is 24.3 Å². The molecule has 3 nitrogen and oxygen atoms in total. The third-order valence-corrected chi connectivity index (χ3v) is 3.39. The van der Waals surface area contributed by atoms with Crippen molar-refractivity contribution in [3.05, 3.63) is 35.4 Å².